The maximum atomic E-state index is 13.0. The zero-order valence-electron chi connectivity index (χ0n) is 16.4. The van der Waals surface area contributed by atoms with E-state index in [1.165, 1.54) is 0 Å². The predicted molar refractivity (Wildman–Crippen MR) is 112 cm³/mol. The van der Waals surface area contributed by atoms with Crippen molar-refractivity contribution in [1.82, 2.24) is 9.88 Å². The Kier molecular flexibility index (Phi) is 6.27. The number of nitrogens with one attached hydrogen (secondary N) is 1. The lowest BCUT2D eigenvalue weighted by atomic mass is 10.1. The molecule has 0 saturated carbocycles. The van der Waals surface area contributed by atoms with Crippen LogP contribution in [0.25, 0.3) is 0 Å². The van der Waals surface area contributed by atoms with Gasteiger partial charge in [0.05, 0.1) is 19.0 Å². The summed E-state index contributed by atoms with van der Waals surface area (Å²) in [7, 11) is 1.64. The van der Waals surface area contributed by atoms with Crippen LogP contribution in [0.2, 0.25) is 0 Å². The van der Waals surface area contributed by atoms with Crippen LogP contribution in [0, 0.1) is 0 Å². The van der Waals surface area contributed by atoms with Crippen LogP contribution in [0.15, 0.2) is 72.9 Å². The van der Waals surface area contributed by atoms with Crippen LogP contribution in [-0.4, -0.2) is 28.9 Å². The molecule has 1 amide bonds. The standard InChI is InChI=1S/C23H25N3O2/c1-17(2)26(16-18-8-5-4-6-9-18)23(27)22-13-12-20(15-24-22)25-19-10-7-11-21(14-19)28-3/h4-15,17,25H,16H2,1-3H3. The molecule has 0 fully saturated rings. The number of anilines is 2. The van der Waals surface area contributed by atoms with E-state index in [0.717, 1.165) is 22.7 Å². The van der Waals surface area contributed by atoms with Crippen LogP contribution in [0.1, 0.15) is 29.9 Å². The number of methoxy groups -OCH3 is 1. The van der Waals surface area contributed by atoms with Crippen molar-refractivity contribution >= 4 is 17.3 Å². The van der Waals surface area contributed by atoms with E-state index in [1.54, 1.807) is 19.4 Å². The molecule has 0 aliphatic rings. The number of aromatic nitrogens is 1. The third-order valence-corrected chi connectivity index (χ3v) is 4.42. The second kappa shape index (κ2) is 9.04. The molecule has 0 radical (unpaired) electrons. The molecule has 0 aliphatic carbocycles. The topological polar surface area (TPSA) is 54.5 Å². The zero-order chi connectivity index (χ0) is 19.9. The number of benzene rings is 2. The van der Waals surface area contributed by atoms with Crippen molar-refractivity contribution in [2.24, 2.45) is 0 Å². The van der Waals surface area contributed by atoms with Crippen LogP contribution in [0.4, 0.5) is 11.4 Å². The van der Waals surface area contributed by atoms with Gasteiger partial charge in [0.2, 0.25) is 0 Å². The Morgan fingerprint density at radius 3 is 2.46 bits per heavy atom. The van der Waals surface area contributed by atoms with Crippen molar-refractivity contribution in [3.05, 3.63) is 84.2 Å². The second-order valence-corrected chi connectivity index (χ2v) is 6.80. The van der Waals surface area contributed by atoms with E-state index in [0.29, 0.717) is 12.2 Å². The number of hydrogen-bond acceptors (Lipinski definition) is 4. The number of amides is 1. The van der Waals surface area contributed by atoms with Gasteiger partial charge in [-0.1, -0.05) is 36.4 Å². The average molecular weight is 375 g/mol. The van der Waals surface area contributed by atoms with Gasteiger partial charge in [-0.25, -0.2) is 4.98 Å². The summed E-state index contributed by atoms with van der Waals surface area (Å²) in [4.78, 5) is 19.2. The lowest BCUT2D eigenvalue weighted by Crippen LogP contribution is -2.36. The van der Waals surface area contributed by atoms with Crippen molar-refractivity contribution in [2.75, 3.05) is 12.4 Å². The Morgan fingerprint density at radius 2 is 1.82 bits per heavy atom. The molecule has 1 N–H and O–H groups in total. The van der Waals surface area contributed by atoms with E-state index < -0.39 is 0 Å². The largest absolute Gasteiger partial charge is 0.497 e. The highest BCUT2D eigenvalue weighted by atomic mass is 16.5. The Hall–Kier alpha value is -3.34. The number of carbonyl (C=O) groups is 1. The summed E-state index contributed by atoms with van der Waals surface area (Å²) < 4.78 is 5.23. The summed E-state index contributed by atoms with van der Waals surface area (Å²) in [6.45, 7) is 4.59. The Bertz CT molecular complexity index is 909. The molecule has 0 aliphatic heterocycles. The third-order valence-electron chi connectivity index (χ3n) is 4.42. The summed E-state index contributed by atoms with van der Waals surface area (Å²) in [5.74, 6) is 0.699. The maximum Gasteiger partial charge on any atom is 0.272 e. The zero-order valence-corrected chi connectivity index (χ0v) is 16.4. The Labute approximate surface area is 166 Å². The van der Waals surface area contributed by atoms with Crippen LogP contribution in [0.5, 0.6) is 5.75 Å². The molecule has 5 nitrogen and oxygen atoms in total. The quantitative estimate of drug-likeness (QED) is 0.639. The van der Waals surface area contributed by atoms with Crippen LogP contribution >= 0.6 is 0 Å². The van der Waals surface area contributed by atoms with Gasteiger partial charge in [-0.2, -0.15) is 0 Å². The smallest absolute Gasteiger partial charge is 0.272 e. The average Bonchev–Trinajstić information content (AvgIpc) is 2.73. The van der Waals surface area contributed by atoms with E-state index in [4.69, 9.17) is 4.74 Å². The molecule has 5 heteroatoms. The fraction of sp³-hybridized carbons (Fsp3) is 0.217. The predicted octanol–water partition coefficient (Wildman–Crippen LogP) is 4.88. The van der Waals surface area contributed by atoms with Gasteiger partial charge in [-0.15, -0.1) is 0 Å². The lowest BCUT2D eigenvalue weighted by Gasteiger charge is -2.26. The molecule has 3 rings (SSSR count). The van der Waals surface area contributed by atoms with Crippen LogP contribution in [-0.2, 0) is 6.54 Å². The summed E-state index contributed by atoms with van der Waals surface area (Å²) in [6, 6.07) is 21.3. The van der Waals surface area contributed by atoms with E-state index >= 15 is 0 Å². The van der Waals surface area contributed by atoms with E-state index in [1.807, 2.05) is 79.4 Å². The SMILES string of the molecule is COc1cccc(Nc2ccc(C(=O)N(Cc3ccccc3)C(C)C)nc2)c1. The number of carbonyl (C=O) groups excluding carboxylic acids is 1. The van der Waals surface area contributed by atoms with Gasteiger partial charge in [0.15, 0.2) is 0 Å². The van der Waals surface area contributed by atoms with Gasteiger partial charge in [0.25, 0.3) is 5.91 Å². The first-order valence-electron chi connectivity index (χ1n) is 9.29. The second-order valence-electron chi connectivity index (χ2n) is 6.80. The molecular formula is C23H25N3O2. The van der Waals surface area contributed by atoms with Gasteiger partial charge >= 0.3 is 0 Å². The van der Waals surface area contributed by atoms with Crippen molar-refractivity contribution in [2.45, 2.75) is 26.4 Å². The molecule has 144 valence electrons. The number of rotatable bonds is 7. The van der Waals surface area contributed by atoms with E-state index in [-0.39, 0.29) is 11.9 Å². The number of ether oxygens (including phenoxy) is 1. The van der Waals surface area contributed by atoms with Crippen molar-refractivity contribution in [1.29, 1.82) is 0 Å². The monoisotopic (exact) mass is 375 g/mol. The molecule has 0 atom stereocenters. The summed E-state index contributed by atoms with van der Waals surface area (Å²) >= 11 is 0. The van der Waals surface area contributed by atoms with Gasteiger partial charge in [0.1, 0.15) is 11.4 Å². The van der Waals surface area contributed by atoms with Gasteiger partial charge < -0.3 is 15.0 Å². The normalized spacial score (nSPS) is 10.6. The minimum absolute atomic E-state index is 0.0732. The van der Waals surface area contributed by atoms with Crippen molar-refractivity contribution in [3.63, 3.8) is 0 Å². The molecule has 3 aromatic rings. The molecule has 0 spiro atoms. The number of pyridine rings is 1. The highest BCUT2D eigenvalue weighted by molar-refractivity contribution is 5.92. The molecular weight excluding hydrogens is 350 g/mol. The van der Waals surface area contributed by atoms with Crippen LogP contribution < -0.4 is 10.1 Å². The lowest BCUT2D eigenvalue weighted by molar-refractivity contribution is 0.0684. The molecule has 1 aromatic heterocycles. The minimum Gasteiger partial charge on any atom is -0.497 e. The molecule has 28 heavy (non-hydrogen) atoms. The molecule has 2 aromatic carbocycles. The van der Waals surface area contributed by atoms with Gasteiger partial charge in [-0.3, -0.25) is 4.79 Å². The summed E-state index contributed by atoms with van der Waals surface area (Å²) in [6.07, 6.45) is 1.67. The van der Waals surface area contributed by atoms with Crippen molar-refractivity contribution < 1.29 is 9.53 Å². The Balaban J connectivity index is 1.72. The molecule has 1 heterocycles. The van der Waals surface area contributed by atoms with Crippen molar-refractivity contribution in [3.8, 4) is 5.75 Å². The Morgan fingerprint density at radius 1 is 1.04 bits per heavy atom. The number of hydrogen-bond donors (Lipinski definition) is 1. The maximum absolute atomic E-state index is 13.0. The highest BCUT2D eigenvalue weighted by Gasteiger charge is 2.20. The van der Waals surface area contributed by atoms with Crippen LogP contribution in [0.3, 0.4) is 0 Å². The third kappa shape index (κ3) is 4.88. The van der Waals surface area contributed by atoms with Gasteiger partial charge in [0, 0.05) is 24.3 Å². The summed E-state index contributed by atoms with van der Waals surface area (Å²) in [5, 5.41) is 3.27. The highest BCUT2D eigenvalue weighted by Crippen LogP contribution is 2.21. The summed E-state index contributed by atoms with van der Waals surface area (Å²) in [5.41, 5.74) is 3.23. The van der Waals surface area contributed by atoms with E-state index in [9.17, 15) is 4.79 Å². The molecule has 0 saturated heterocycles. The number of nitrogens with zero attached hydrogens (tertiary/aromatic N) is 2. The molecule has 0 bridgehead atoms. The first-order valence-corrected chi connectivity index (χ1v) is 9.29. The first-order chi connectivity index (χ1) is 13.6. The van der Waals surface area contributed by atoms with Gasteiger partial charge in [-0.05, 0) is 43.7 Å². The molecule has 0 unspecified atom stereocenters. The van der Waals surface area contributed by atoms with E-state index in [2.05, 4.69) is 10.3 Å². The first kappa shape index (κ1) is 19.4. The fourth-order valence-corrected chi connectivity index (χ4v) is 2.88. The minimum atomic E-state index is -0.0771. The fourth-order valence-electron chi connectivity index (χ4n) is 2.88.